The zero-order valence-electron chi connectivity index (χ0n) is 12.4. The Morgan fingerprint density at radius 3 is 2.14 bits per heavy atom. The lowest BCUT2D eigenvalue weighted by Crippen LogP contribution is -2.12. The lowest BCUT2D eigenvalue weighted by molar-refractivity contribution is 0.776. The molecular formula is C16H17N5. The topological polar surface area (TPSA) is 46.8 Å². The standard InChI is InChI=1S/C16H17N5/c1-20(2)16-15(17-10-11-18-16)13-6-4-12(5-7-13)14-8-9-19-21(14)3/h4-11H,1-3H3. The van der Waals surface area contributed by atoms with Crippen molar-refractivity contribution in [3.63, 3.8) is 0 Å². The van der Waals surface area contributed by atoms with Crippen molar-refractivity contribution in [1.29, 1.82) is 0 Å². The summed E-state index contributed by atoms with van der Waals surface area (Å²) >= 11 is 0. The van der Waals surface area contributed by atoms with E-state index in [9.17, 15) is 0 Å². The van der Waals surface area contributed by atoms with E-state index in [1.807, 2.05) is 36.8 Å². The molecular weight excluding hydrogens is 262 g/mol. The minimum atomic E-state index is 0.866. The molecule has 0 N–H and O–H groups in total. The molecule has 5 heteroatoms. The zero-order chi connectivity index (χ0) is 14.8. The molecule has 5 nitrogen and oxygen atoms in total. The number of anilines is 1. The van der Waals surface area contributed by atoms with Gasteiger partial charge in [-0.15, -0.1) is 0 Å². The lowest BCUT2D eigenvalue weighted by Gasteiger charge is -2.15. The highest BCUT2D eigenvalue weighted by Gasteiger charge is 2.10. The molecule has 3 aromatic rings. The summed E-state index contributed by atoms with van der Waals surface area (Å²) in [6.07, 6.45) is 5.23. The van der Waals surface area contributed by atoms with Crippen molar-refractivity contribution in [1.82, 2.24) is 19.7 Å². The van der Waals surface area contributed by atoms with E-state index in [1.54, 1.807) is 18.6 Å². The van der Waals surface area contributed by atoms with Gasteiger partial charge in [-0.2, -0.15) is 5.10 Å². The Labute approximate surface area is 123 Å². The summed E-state index contributed by atoms with van der Waals surface area (Å²) in [5, 5.41) is 4.20. The molecule has 0 spiro atoms. The van der Waals surface area contributed by atoms with E-state index >= 15 is 0 Å². The molecule has 0 aliphatic heterocycles. The van der Waals surface area contributed by atoms with Gasteiger partial charge in [0.25, 0.3) is 0 Å². The second kappa shape index (κ2) is 5.36. The van der Waals surface area contributed by atoms with Crippen LogP contribution in [-0.4, -0.2) is 33.8 Å². The van der Waals surface area contributed by atoms with Gasteiger partial charge in [0.15, 0.2) is 5.82 Å². The van der Waals surface area contributed by atoms with Crippen molar-refractivity contribution in [3.8, 4) is 22.5 Å². The molecule has 0 saturated carbocycles. The Hall–Kier alpha value is -2.69. The van der Waals surface area contributed by atoms with E-state index in [2.05, 4.69) is 39.3 Å². The van der Waals surface area contributed by atoms with Gasteiger partial charge in [0.05, 0.1) is 5.69 Å². The van der Waals surface area contributed by atoms with Gasteiger partial charge in [0, 0.05) is 45.3 Å². The lowest BCUT2D eigenvalue weighted by atomic mass is 10.1. The second-order valence-electron chi connectivity index (χ2n) is 5.04. The molecule has 0 aliphatic carbocycles. The van der Waals surface area contributed by atoms with E-state index in [1.165, 1.54) is 0 Å². The van der Waals surface area contributed by atoms with Crippen LogP contribution in [0, 0.1) is 0 Å². The molecule has 0 bridgehead atoms. The molecule has 0 unspecified atom stereocenters. The molecule has 0 aliphatic rings. The van der Waals surface area contributed by atoms with Crippen molar-refractivity contribution >= 4 is 5.82 Å². The maximum atomic E-state index is 4.46. The predicted octanol–water partition coefficient (Wildman–Crippen LogP) is 2.61. The van der Waals surface area contributed by atoms with Gasteiger partial charge in [-0.05, 0) is 11.6 Å². The minimum absolute atomic E-state index is 0.866. The monoisotopic (exact) mass is 279 g/mol. The van der Waals surface area contributed by atoms with Crippen LogP contribution in [0.2, 0.25) is 0 Å². The van der Waals surface area contributed by atoms with E-state index in [0.717, 1.165) is 28.3 Å². The predicted molar refractivity (Wildman–Crippen MR) is 84.0 cm³/mol. The quantitative estimate of drug-likeness (QED) is 0.739. The fourth-order valence-corrected chi connectivity index (χ4v) is 2.32. The van der Waals surface area contributed by atoms with E-state index < -0.39 is 0 Å². The van der Waals surface area contributed by atoms with Crippen LogP contribution in [-0.2, 0) is 7.05 Å². The maximum Gasteiger partial charge on any atom is 0.154 e. The summed E-state index contributed by atoms with van der Waals surface area (Å²) in [5.74, 6) is 0.866. The highest BCUT2D eigenvalue weighted by atomic mass is 15.3. The molecule has 3 rings (SSSR count). The smallest absolute Gasteiger partial charge is 0.154 e. The summed E-state index contributed by atoms with van der Waals surface area (Å²) in [6.45, 7) is 0. The van der Waals surface area contributed by atoms with Gasteiger partial charge in [-0.25, -0.2) is 4.98 Å². The van der Waals surface area contributed by atoms with Crippen LogP contribution in [0.4, 0.5) is 5.82 Å². The molecule has 2 heterocycles. The third-order valence-electron chi connectivity index (χ3n) is 3.38. The molecule has 0 saturated heterocycles. The first-order chi connectivity index (χ1) is 10.2. The van der Waals surface area contributed by atoms with E-state index in [4.69, 9.17) is 0 Å². The summed E-state index contributed by atoms with van der Waals surface area (Å²) < 4.78 is 1.86. The molecule has 2 aromatic heterocycles. The third-order valence-corrected chi connectivity index (χ3v) is 3.38. The van der Waals surface area contributed by atoms with Gasteiger partial charge in [-0.3, -0.25) is 9.67 Å². The van der Waals surface area contributed by atoms with Gasteiger partial charge in [0.2, 0.25) is 0 Å². The summed E-state index contributed by atoms with van der Waals surface area (Å²) in [6, 6.07) is 10.3. The van der Waals surface area contributed by atoms with Crippen LogP contribution in [0.3, 0.4) is 0 Å². The minimum Gasteiger partial charge on any atom is -0.361 e. The van der Waals surface area contributed by atoms with Crippen molar-refractivity contribution in [2.45, 2.75) is 0 Å². The SMILES string of the molecule is CN(C)c1nccnc1-c1ccc(-c2ccnn2C)cc1. The Morgan fingerprint density at radius 2 is 1.52 bits per heavy atom. The largest absolute Gasteiger partial charge is 0.361 e. The molecule has 1 aromatic carbocycles. The average molecular weight is 279 g/mol. The molecule has 0 atom stereocenters. The molecule has 21 heavy (non-hydrogen) atoms. The van der Waals surface area contributed by atoms with Crippen molar-refractivity contribution < 1.29 is 0 Å². The van der Waals surface area contributed by atoms with Crippen molar-refractivity contribution in [2.24, 2.45) is 7.05 Å². The number of hydrogen-bond acceptors (Lipinski definition) is 4. The van der Waals surface area contributed by atoms with E-state index in [-0.39, 0.29) is 0 Å². The molecule has 0 radical (unpaired) electrons. The number of benzene rings is 1. The number of nitrogens with zero attached hydrogens (tertiary/aromatic N) is 5. The third kappa shape index (κ3) is 2.50. The highest BCUT2D eigenvalue weighted by molar-refractivity contribution is 5.74. The zero-order valence-corrected chi connectivity index (χ0v) is 12.4. The number of aromatic nitrogens is 4. The Morgan fingerprint density at radius 1 is 0.857 bits per heavy atom. The second-order valence-corrected chi connectivity index (χ2v) is 5.04. The van der Waals surface area contributed by atoms with Gasteiger partial charge < -0.3 is 4.90 Å². The van der Waals surface area contributed by atoms with Crippen LogP contribution in [0.15, 0.2) is 48.9 Å². The molecule has 106 valence electrons. The van der Waals surface area contributed by atoms with Crippen LogP contribution in [0.1, 0.15) is 0 Å². The van der Waals surface area contributed by atoms with Crippen LogP contribution >= 0.6 is 0 Å². The van der Waals surface area contributed by atoms with Crippen LogP contribution < -0.4 is 4.90 Å². The first-order valence-electron chi connectivity index (χ1n) is 6.74. The summed E-state index contributed by atoms with van der Waals surface area (Å²) in [5.41, 5.74) is 4.17. The first-order valence-corrected chi connectivity index (χ1v) is 6.74. The Balaban J connectivity index is 2.01. The molecule has 0 fully saturated rings. The van der Waals surface area contributed by atoms with Crippen molar-refractivity contribution in [3.05, 3.63) is 48.9 Å². The van der Waals surface area contributed by atoms with Gasteiger partial charge in [0.1, 0.15) is 5.69 Å². The summed E-state index contributed by atoms with van der Waals surface area (Å²) in [7, 11) is 5.88. The fourth-order valence-electron chi connectivity index (χ4n) is 2.32. The molecule has 0 amide bonds. The van der Waals surface area contributed by atoms with Gasteiger partial charge in [-0.1, -0.05) is 24.3 Å². The summed E-state index contributed by atoms with van der Waals surface area (Å²) in [4.78, 5) is 10.8. The Kier molecular flexibility index (Phi) is 3.39. The first kappa shape index (κ1) is 13.3. The normalized spacial score (nSPS) is 10.6. The average Bonchev–Trinajstić information content (AvgIpc) is 2.93. The van der Waals surface area contributed by atoms with Crippen LogP contribution in [0.25, 0.3) is 22.5 Å². The van der Waals surface area contributed by atoms with Crippen molar-refractivity contribution in [2.75, 3.05) is 19.0 Å². The number of rotatable bonds is 3. The number of hydrogen-bond donors (Lipinski definition) is 0. The van der Waals surface area contributed by atoms with E-state index in [0.29, 0.717) is 0 Å². The fraction of sp³-hybridized carbons (Fsp3) is 0.188. The number of aryl methyl sites for hydroxylation is 1. The van der Waals surface area contributed by atoms with Crippen LogP contribution in [0.5, 0.6) is 0 Å². The maximum absolute atomic E-state index is 4.46. The highest BCUT2D eigenvalue weighted by Crippen LogP contribution is 2.27. The Bertz CT molecular complexity index is 743. The van der Waals surface area contributed by atoms with Gasteiger partial charge >= 0.3 is 0 Å².